The van der Waals surface area contributed by atoms with Gasteiger partial charge in [-0.25, -0.2) is 4.98 Å². The van der Waals surface area contributed by atoms with Gasteiger partial charge in [-0.3, -0.25) is 9.59 Å². The molecule has 27 heavy (non-hydrogen) atoms. The van der Waals surface area contributed by atoms with E-state index in [1.807, 2.05) is 44.2 Å². The number of anilines is 1. The minimum absolute atomic E-state index is 0.00668. The van der Waals surface area contributed by atoms with E-state index in [4.69, 9.17) is 0 Å². The van der Waals surface area contributed by atoms with Crippen LogP contribution >= 0.6 is 27.7 Å². The van der Waals surface area contributed by atoms with Gasteiger partial charge in [0.15, 0.2) is 0 Å². The van der Waals surface area contributed by atoms with Gasteiger partial charge in [0.2, 0.25) is 11.8 Å². The molecule has 1 aliphatic rings. The van der Waals surface area contributed by atoms with Crippen LogP contribution in [-0.4, -0.2) is 29.1 Å². The second-order valence-corrected chi connectivity index (χ2v) is 8.46. The number of thioether (sulfide) groups is 1. The van der Waals surface area contributed by atoms with Crippen LogP contribution in [-0.2, 0) is 16.1 Å². The van der Waals surface area contributed by atoms with Crippen LogP contribution in [0.15, 0.2) is 39.8 Å². The Labute approximate surface area is 172 Å². The maximum Gasteiger partial charge on any atom is 0.237 e. The molecule has 0 saturated heterocycles. The van der Waals surface area contributed by atoms with Gasteiger partial charge in [-0.05, 0) is 49.6 Å². The number of amides is 2. The lowest BCUT2D eigenvalue weighted by molar-refractivity contribution is -0.121. The van der Waals surface area contributed by atoms with Crippen LogP contribution in [0.4, 0.5) is 5.69 Å². The van der Waals surface area contributed by atoms with Crippen molar-refractivity contribution in [1.29, 1.82) is 0 Å². The Morgan fingerprint density at radius 1 is 1.33 bits per heavy atom. The van der Waals surface area contributed by atoms with Crippen molar-refractivity contribution in [3.05, 3.63) is 51.6 Å². The number of nitrogens with zero attached hydrogens (tertiary/aromatic N) is 2. The first kappa shape index (κ1) is 19.9. The number of benzene rings is 1. The van der Waals surface area contributed by atoms with Crippen LogP contribution in [0.2, 0.25) is 0 Å². The Morgan fingerprint density at radius 2 is 2.15 bits per heavy atom. The molecule has 2 aromatic rings. The number of hydrogen-bond acceptors (Lipinski definition) is 4. The highest BCUT2D eigenvalue weighted by Crippen LogP contribution is 2.36. The second-order valence-electron chi connectivity index (χ2n) is 6.58. The Bertz CT molecular complexity index is 872. The third kappa shape index (κ3) is 5.11. The SMILES string of the molecule is Cc1cc(C)c2c(n1)SCC(=O)N2CCCC(=O)NCc1cccc(Br)c1. The van der Waals surface area contributed by atoms with E-state index in [0.29, 0.717) is 31.7 Å². The fourth-order valence-electron chi connectivity index (χ4n) is 3.13. The molecule has 0 saturated carbocycles. The third-order valence-corrected chi connectivity index (χ3v) is 5.79. The molecule has 0 atom stereocenters. The number of aryl methyl sites for hydroxylation is 2. The zero-order valence-electron chi connectivity index (χ0n) is 15.4. The molecule has 0 bridgehead atoms. The molecule has 1 N–H and O–H groups in total. The summed E-state index contributed by atoms with van der Waals surface area (Å²) in [4.78, 5) is 30.9. The first-order valence-corrected chi connectivity index (χ1v) is 10.6. The van der Waals surface area contributed by atoms with Crippen molar-refractivity contribution in [2.75, 3.05) is 17.2 Å². The number of hydrogen-bond donors (Lipinski definition) is 1. The van der Waals surface area contributed by atoms with Crippen LogP contribution in [0.3, 0.4) is 0 Å². The number of halogens is 1. The van der Waals surface area contributed by atoms with Crippen molar-refractivity contribution >= 4 is 45.2 Å². The fourth-order valence-corrected chi connectivity index (χ4v) is 4.61. The van der Waals surface area contributed by atoms with Crippen LogP contribution in [0, 0.1) is 13.8 Å². The van der Waals surface area contributed by atoms with Crippen LogP contribution in [0.1, 0.15) is 29.7 Å². The molecular weight excluding hydrogens is 426 g/mol. The number of rotatable bonds is 6. The van der Waals surface area contributed by atoms with Crippen molar-refractivity contribution in [3.8, 4) is 0 Å². The number of fused-ring (bicyclic) bond motifs is 1. The van der Waals surface area contributed by atoms with Crippen LogP contribution in [0.25, 0.3) is 0 Å². The van der Waals surface area contributed by atoms with Gasteiger partial charge in [-0.2, -0.15) is 0 Å². The average molecular weight is 448 g/mol. The predicted octanol–water partition coefficient (Wildman–Crippen LogP) is 4.00. The molecule has 1 aromatic carbocycles. The lowest BCUT2D eigenvalue weighted by Crippen LogP contribution is -2.37. The standard InChI is InChI=1S/C20H22BrN3O2S/c1-13-9-14(2)23-20-19(13)24(18(26)12-27-20)8-4-7-17(25)22-11-15-5-3-6-16(21)10-15/h3,5-6,9-10H,4,7-8,11-12H2,1-2H3,(H,22,25). The molecule has 7 heteroatoms. The third-order valence-electron chi connectivity index (χ3n) is 4.35. The van der Waals surface area contributed by atoms with E-state index in [9.17, 15) is 9.59 Å². The van der Waals surface area contributed by atoms with Gasteiger partial charge in [-0.1, -0.05) is 39.8 Å². The van der Waals surface area contributed by atoms with E-state index in [-0.39, 0.29) is 11.8 Å². The summed E-state index contributed by atoms with van der Waals surface area (Å²) < 4.78 is 0.994. The minimum Gasteiger partial charge on any atom is -0.352 e. The molecule has 0 radical (unpaired) electrons. The van der Waals surface area contributed by atoms with Crippen molar-refractivity contribution in [1.82, 2.24) is 10.3 Å². The van der Waals surface area contributed by atoms with Gasteiger partial charge in [0, 0.05) is 29.7 Å². The van der Waals surface area contributed by atoms with E-state index in [1.165, 1.54) is 11.8 Å². The maximum absolute atomic E-state index is 12.4. The summed E-state index contributed by atoms with van der Waals surface area (Å²) in [6.07, 6.45) is 1.01. The first-order chi connectivity index (χ1) is 12.9. The van der Waals surface area contributed by atoms with Gasteiger partial charge >= 0.3 is 0 Å². The van der Waals surface area contributed by atoms with Gasteiger partial charge in [0.1, 0.15) is 5.03 Å². The Morgan fingerprint density at radius 3 is 2.93 bits per heavy atom. The number of carbonyl (C=O) groups excluding carboxylic acids is 2. The number of aromatic nitrogens is 1. The highest BCUT2D eigenvalue weighted by Gasteiger charge is 2.27. The first-order valence-electron chi connectivity index (χ1n) is 8.86. The summed E-state index contributed by atoms with van der Waals surface area (Å²) in [5.74, 6) is 0.474. The largest absolute Gasteiger partial charge is 0.352 e. The summed E-state index contributed by atoms with van der Waals surface area (Å²) in [7, 11) is 0. The zero-order chi connectivity index (χ0) is 19.4. The number of nitrogens with one attached hydrogen (secondary N) is 1. The van der Waals surface area contributed by atoms with E-state index in [0.717, 1.165) is 32.0 Å². The molecule has 0 spiro atoms. The Balaban J connectivity index is 1.54. The molecule has 1 aromatic heterocycles. The predicted molar refractivity (Wildman–Crippen MR) is 112 cm³/mol. The Hall–Kier alpha value is -1.86. The van der Waals surface area contributed by atoms with E-state index in [2.05, 4.69) is 26.2 Å². The monoisotopic (exact) mass is 447 g/mol. The van der Waals surface area contributed by atoms with Gasteiger partial charge in [-0.15, -0.1) is 0 Å². The molecule has 142 valence electrons. The van der Waals surface area contributed by atoms with Crippen LogP contribution < -0.4 is 10.2 Å². The quantitative estimate of drug-likeness (QED) is 0.726. The maximum atomic E-state index is 12.4. The summed E-state index contributed by atoms with van der Waals surface area (Å²) in [5, 5.41) is 3.84. The lowest BCUT2D eigenvalue weighted by atomic mass is 10.1. The summed E-state index contributed by atoms with van der Waals surface area (Å²) in [6, 6.07) is 9.86. The van der Waals surface area contributed by atoms with E-state index < -0.39 is 0 Å². The van der Waals surface area contributed by atoms with E-state index in [1.54, 1.807) is 4.90 Å². The summed E-state index contributed by atoms with van der Waals surface area (Å²) in [5.41, 5.74) is 3.96. The highest BCUT2D eigenvalue weighted by atomic mass is 79.9. The van der Waals surface area contributed by atoms with Gasteiger partial charge in [0.05, 0.1) is 11.4 Å². The van der Waals surface area contributed by atoms with Crippen molar-refractivity contribution in [3.63, 3.8) is 0 Å². The molecule has 3 rings (SSSR count). The smallest absolute Gasteiger partial charge is 0.237 e. The molecule has 0 aliphatic carbocycles. The van der Waals surface area contributed by atoms with E-state index >= 15 is 0 Å². The molecule has 2 amide bonds. The zero-order valence-corrected chi connectivity index (χ0v) is 17.8. The van der Waals surface area contributed by atoms with Crippen molar-refractivity contribution in [2.45, 2.75) is 38.3 Å². The van der Waals surface area contributed by atoms with Gasteiger partial charge < -0.3 is 10.2 Å². The number of carbonyl (C=O) groups is 2. The summed E-state index contributed by atoms with van der Waals surface area (Å²) in [6.45, 7) is 5.00. The number of pyridine rings is 1. The minimum atomic E-state index is -0.00668. The summed E-state index contributed by atoms with van der Waals surface area (Å²) >= 11 is 4.92. The molecule has 1 aliphatic heterocycles. The molecule has 2 heterocycles. The molecule has 5 nitrogen and oxygen atoms in total. The highest BCUT2D eigenvalue weighted by molar-refractivity contribution is 9.10. The van der Waals surface area contributed by atoms with Crippen molar-refractivity contribution in [2.24, 2.45) is 0 Å². The van der Waals surface area contributed by atoms with Crippen LogP contribution in [0.5, 0.6) is 0 Å². The fraction of sp³-hybridized carbons (Fsp3) is 0.350. The molecular formula is C20H22BrN3O2S. The second kappa shape index (κ2) is 8.89. The topological polar surface area (TPSA) is 62.3 Å². The normalized spacial score (nSPS) is 13.4. The molecule has 0 fully saturated rings. The Kier molecular flexibility index (Phi) is 6.55. The molecule has 0 unspecified atom stereocenters. The van der Waals surface area contributed by atoms with Crippen molar-refractivity contribution < 1.29 is 9.59 Å². The van der Waals surface area contributed by atoms with Gasteiger partial charge in [0.25, 0.3) is 0 Å². The lowest BCUT2D eigenvalue weighted by Gasteiger charge is -2.30. The average Bonchev–Trinajstić information content (AvgIpc) is 2.62.